The molecule has 0 saturated carbocycles. The maximum atomic E-state index is 13.9. The number of methoxy groups -OCH3 is 1. The van der Waals surface area contributed by atoms with Gasteiger partial charge >= 0.3 is 18.3 Å². The molecule has 0 aliphatic carbocycles. The molecular weight excluding hydrogens is 598 g/mol. The highest BCUT2D eigenvalue weighted by atomic mass is 19.4. The van der Waals surface area contributed by atoms with Gasteiger partial charge in [-0.2, -0.15) is 31.4 Å². The molecule has 2 aromatic carbocycles. The maximum Gasteiger partial charge on any atom is 0.490 e. The third-order valence-electron chi connectivity index (χ3n) is 6.20. The fourth-order valence-corrected chi connectivity index (χ4v) is 4.13. The average Bonchev–Trinajstić information content (AvgIpc) is 3.52. The van der Waals surface area contributed by atoms with Crippen LogP contribution >= 0.6 is 0 Å². The molecule has 0 radical (unpaired) electrons. The Morgan fingerprint density at radius 3 is 2.27 bits per heavy atom. The van der Waals surface area contributed by atoms with Gasteiger partial charge in [0, 0.05) is 49.5 Å². The molecule has 5 rings (SSSR count). The zero-order chi connectivity index (χ0) is 31.9. The standard InChI is InChI=1S/C26H25F3N6O2.C2HF3O2/c1-36-24-15-18(34-11-13-37-14-12-34)7-8-21(24)33-25-16-22(19(17-30-25)26(27,28)29)32-20-5-2-3-6-23(20)35-10-4-9-31-35;3-2(4,5)1(6)7/h2-10,15-17H,11-14H2,1H3,(H2,30,32,33);(H,6,7). The summed E-state index contributed by atoms with van der Waals surface area (Å²) in [6.07, 6.45) is -5.55. The van der Waals surface area contributed by atoms with E-state index in [9.17, 15) is 26.3 Å². The Labute approximate surface area is 246 Å². The first-order valence-corrected chi connectivity index (χ1v) is 12.9. The molecule has 1 aliphatic rings. The number of hydrogen-bond donors (Lipinski definition) is 3. The minimum Gasteiger partial charge on any atom is -0.494 e. The second kappa shape index (κ2) is 13.5. The number of pyridine rings is 1. The molecule has 0 bridgehead atoms. The molecule has 1 fully saturated rings. The number of anilines is 5. The summed E-state index contributed by atoms with van der Waals surface area (Å²) in [7, 11) is 1.54. The van der Waals surface area contributed by atoms with E-state index in [1.54, 1.807) is 54.5 Å². The van der Waals surface area contributed by atoms with Crippen molar-refractivity contribution in [3.05, 3.63) is 78.8 Å². The molecule has 0 spiro atoms. The third kappa shape index (κ3) is 8.09. The number of nitrogens with zero attached hydrogens (tertiary/aromatic N) is 4. The van der Waals surface area contributed by atoms with E-state index in [1.807, 2.05) is 18.2 Å². The van der Waals surface area contributed by atoms with Crippen molar-refractivity contribution in [3.8, 4) is 11.4 Å². The van der Waals surface area contributed by atoms with Crippen LogP contribution in [0.15, 0.2) is 73.2 Å². The minimum absolute atomic E-state index is 0.145. The van der Waals surface area contributed by atoms with Crippen molar-refractivity contribution in [3.63, 3.8) is 0 Å². The molecule has 16 heteroatoms. The number of morpholine rings is 1. The monoisotopic (exact) mass is 624 g/mol. The first kappa shape index (κ1) is 31.9. The van der Waals surface area contributed by atoms with Gasteiger partial charge < -0.3 is 30.1 Å². The highest BCUT2D eigenvalue weighted by molar-refractivity contribution is 5.75. The van der Waals surface area contributed by atoms with Gasteiger partial charge in [-0.1, -0.05) is 12.1 Å². The summed E-state index contributed by atoms with van der Waals surface area (Å²) in [6, 6.07) is 15.7. The fourth-order valence-electron chi connectivity index (χ4n) is 4.13. The minimum atomic E-state index is -5.08. The number of benzene rings is 2. The number of hydrogen-bond acceptors (Lipinski definition) is 8. The number of rotatable bonds is 7. The van der Waals surface area contributed by atoms with Crippen LogP contribution in [-0.4, -0.2) is 65.4 Å². The topological polar surface area (TPSA) is 114 Å². The second-order valence-electron chi connectivity index (χ2n) is 9.12. The summed E-state index contributed by atoms with van der Waals surface area (Å²) in [5.74, 6) is -1.98. The number of carboxylic acid groups (broad SMARTS) is 1. The van der Waals surface area contributed by atoms with Crippen LogP contribution in [0.2, 0.25) is 0 Å². The molecule has 3 heterocycles. The van der Waals surface area contributed by atoms with Crippen molar-refractivity contribution >= 4 is 34.5 Å². The lowest BCUT2D eigenvalue weighted by Gasteiger charge is -2.29. The maximum absolute atomic E-state index is 13.9. The predicted molar refractivity (Wildman–Crippen MR) is 149 cm³/mol. The Kier molecular flexibility index (Phi) is 9.83. The van der Waals surface area contributed by atoms with Gasteiger partial charge in [0.2, 0.25) is 0 Å². The molecule has 0 unspecified atom stereocenters. The van der Waals surface area contributed by atoms with Gasteiger partial charge in [0.05, 0.1) is 48.6 Å². The summed E-state index contributed by atoms with van der Waals surface area (Å²) in [5.41, 5.74) is 1.59. The van der Waals surface area contributed by atoms with Crippen molar-refractivity contribution in [1.82, 2.24) is 14.8 Å². The molecule has 2 aromatic heterocycles. The van der Waals surface area contributed by atoms with E-state index in [4.69, 9.17) is 19.4 Å². The first-order valence-electron chi connectivity index (χ1n) is 12.9. The number of ether oxygens (including phenoxy) is 2. The number of para-hydroxylation sites is 2. The second-order valence-corrected chi connectivity index (χ2v) is 9.12. The van der Waals surface area contributed by atoms with Crippen LogP contribution in [-0.2, 0) is 15.7 Å². The molecule has 3 N–H and O–H groups in total. The van der Waals surface area contributed by atoms with E-state index in [0.29, 0.717) is 36.0 Å². The predicted octanol–water partition coefficient (Wildman–Crippen LogP) is 6.25. The van der Waals surface area contributed by atoms with E-state index in [-0.39, 0.29) is 11.5 Å². The van der Waals surface area contributed by atoms with Crippen molar-refractivity contribution in [2.75, 3.05) is 48.9 Å². The molecule has 0 amide bonds. The van der Waals surface area contributed by atoms with Crippen molar-refractivity contribution in [2.24, 2.45) is 0 Å². The lowest BCUT2D eigenvalue weighted by molar-refractivity contribution is -0.192. The molecule has 4 aromatic rings. The molecule has 1 saturated heterocycles. The zero-order valence-electron chi connectivity index (χ0n) is 23.0. The van der Waals surface area contributed by atoms with Crippen LogP contribution in [0.1, 0.15) is 5.56 Å². The van der Waals surface area contributed by atoms with Crippen molar-refractivity contribution in [2.45, 2.75) is 12.4 Å². The van der Waals surface area contributed by atoms with Gasteiger partial charge in [-0.25, -0.2) is 14.5 Å². The Bertz CT molecular complexity index is 1560. The SMILES string of the molecule is COc1cc(N2CCOCC2)ccc1Nc1cc(Nc2ccccc2-n2cccn2)c(C(F)(F)F)cn1.O=C(O)C(F)(F)F. The Morgan fingerprint density at radius 2 is 1.66 bits per heavy atom. The van der Waals surface area contributed by atoms with Crippen LogP contribution in [0.25, 0.3) is 5.69 Å². The van der Waals surface area contributed by atoms with E-state index in [0.717, 1.165) is 25.0 Å². The van der Waals surface area contributed by atoms with E-state index in [2.05, 4.69) is 25.6 Å². The van der Waals surface area contributed by atoms with Gasteiger partial charge in [-0.3, -0.25) is 0 Å². The highest BCUT2D eigenvalue weighted by Crippen LogP contribution is 2.39. The summed E-state index contributed by atoms with van der Waals surface area (Å²) >= 11 is 0. The van der Waals surface area contributed by atoms with Crippen LogP contribution in [0, 0.1) is 0 Å². The fraction of sp³-hybridized carbons (Fsp3) is 0.250. The molecule has 44 heavy (non-hydrogen) atoms. The molecule has 10 nitrogen and oxygen atoms in total. The summed E-state index contributed by atoms with van der Waals surface area (Å²) in [6.45, 7) is 2.84. The zero-order valence-corrected chi connectivity index (χ0v) is 23.0. The van der Waals surface area contributed by atoms with Crippen LogP contribution in [0.3, 0.4) is 0 Å². The third-order valence-corrected chi connectivity index (χ3v) is 6.20. The largest absolute Gasteiger partial charge is 0.494 e. The number of nitrogens with one attached hydrogen (secondary N) is 2. The smallest absolute Gasteiger partial charge is 0.490 e. The van der Waals surface area contributed by atoms with Gasteiger partial charge in [0.15, 0.2) is 0 Å². The number of halogens is 6. The summed E-state index contributed by atoms with van der Waals surface area (Å²) in [4.78, 5) is 15.1. The first-order chi connectivity index (χ1) is 20.9. The van der Waals surface area contributed by atoms with Crippen molar-refractivity contribution < 1.29 is 45.7 Å². The quantitative estimate of drug-likeness (QED) is 0.205. The van der Waals surface area contributed by atoms with Gasteiger partial charge in [0.25, 0.3) is 0 Å². The number of aromatic nitrogens is 3. The van der Waals surface area contributed by atoms with E-state index < -0.39 is 23.9 Å². The Balaban J connectivity index is 0.000000566. The Hall–Kier alpha value is -4.99. The molecule has 0 atom stereocenters. The lowest BCUT2D eigenvalue weighted by Crippen LogP contribution is -2.36. The summed E-state index contributed by atoms with van der Waals surface area (Å²) < 4.78 is 85.9. The summed E-state index contributed by atoms with van der Waals surface area (Å²) in [5, 5.41) is 17.4. The lowest BCUT2D eigenvalue weighted by atomic mass is 10.2. The van der Waals surface area contributed by atoms with Gasteiger partial charge in [-0.05, 0) is 30.3 Å². The average molecular weight is 625 g/mol. The van der Waals surface area contributed by atoms with E-state index in [1.165, 1.54) is 6.07 Å². The number of alkyl halides is 6. The number of aliphatic carboxylic acids is 1. The molecular formula is C28H26F6N6O4. The van der Waals surface area contributed by atoms with E-state index >= 15 is 0 Å². The van der Waals surface area contributed by atoms with Gasteiger partial charge in [-0.15, -0.1) is 0 Å². The molecule has 234 valence electrons. The normalized spacial score (nSPS) is 13.5. The van der Waals surface area contributed by atoms with Crippen LogP contribution < -0.4 is 20.3 Å². The van der Waals surface area contributed by atoms with Gasteiger partial charge in [0.1, 0.15) is 11.6 Å². The van der Waals surface area contributed by atoms with Crippen LogP contribution in [0.5, 0.6) is 5.75 Å². The molecule has 1 aliphatic heterocycles. The van der Waals surface area contributed by atoms with Crippen molar-refractivity contribution in [1.29, 1.82) is 0 Å². The number of carbonyl (C=O) groups is 1. The highest BCUT2D eigenvalue weighted by Gasteiger charge is 2.38. The Morgan fingerprint density at radius 1 is 0.955 bits per heavy atom. The number of carboxylic acids is 1. The van der Waals surface area contributed by atoms with Crippen LogP contribution in [0.4, 0.5) is 54.9 Å².